The predicted molar refractivity (Wildman–Crippen MR) is 108 cm³/mol. The molecule has 0 aliphatic carbocycles. The van der Waals surface area contributed by atoms with E-state index in [9.17, 15) is 9.59 Å². The van der Waals surface area contributed by atoms with Gasteiger partial charge < -0.3 is 15.0 Å². The van der Waals surface area contributed by atoms with Gasteiger partial charge in [0.15, 0.2) is 0 Å². The Balaban J connectivity index is 1.43. The molecule has 7 nitrogen and oxygen atoms in total. The van der Waals surface area contributed by atoms with Crippen molar-refractivity contribution in [2.24, 2.45) is 11.8 Å². The lowest BCUT2D eigenvalue weighted by Crippen LogP contribution is -2.43. The maximum Gasteiger partial charge on any atom is 0.409 e. The Hall–Kier alpha value is -2.48. The Morgan fingerprint density at radius 1 is 1.29 bits per heavy atom. The lowest BCUT2D eigenvalue weighted by molar-refractivity contribution is -0.126. The van der Waals surface area contributed by atoms with E-state index in [2.05, 4.69) is 15.3 Å². The fourth-order valence-electron chi connectivity index (χ4n) is 3.01. The smallest absolute Gasteiger partial charge is 0.409 e. The second-order valence-corrected chi connectivity index (χ2v) is 8.25. The highest BCUT2D eigenvalue weighted by atomic mass is 32.1. The number of amides is 2. The number of likely N-dealkylation sites (tertiary alicyclic amines) is 1. The molecule has 2 aromatic rings. The van der Waals surface area contributed by atoms with E-state index in [0.717, 1.165) is 16.3 Å². The van der Waals surface area contributed by atoms with Crippen molar-refractivity contribution in [3.05, 3.63) is 34.9 Å². The number of hydrogen-bond donors (Lipinski definition) is 1. The predicted octanol–water partition coefficient (Wildman–Crippen LogP) is 3.33. The molecule has 150 valence electrons. The second kappa shape index (κ2) is 9.64. The fraction of sp³-hybridized carbons (Fsp3) is 0.500. The summed E-state index contributed by atoms with van der Waals surface area (Å²) in [5.74, 6) is 0.266. The minimum atomic E-state index is -0.279. The standard InChI is InChI=1S/C20H26N4O3S/c1-14(2)12-27-20(26)24-9-5-16(6-10-24)19(25)22-11-18-23-17(13-28-18)15-3-7-21-8-4-15/h3-4,7-8,13-14,16H,5-6,9-12H2,1-2H3,(H,22,25). The molecule has 3 rings (SSSR count). The van der Waals surface area contributed by atoms with E-state index in [1.54, 1.807) is 17.3 Å². The number of pyridine rings is 1. The minimum absolute atomic E-state index is 0.0239. The molecular weight excluding hydrogens is 376 g/mol. The summed E-state index contributed by atoms with van der Waals surface area (Å²) in [7, 11) is 0. The third kappa shape index (κ3) is 5.51. The van der Waals surface area contributed by atoms with E-state index in [0.29, 0.717) is 45.0 Å². The maximum atomic E-state index is 12.5. The number of thiazole rings is 1. The molecule has 3 heterocycles. The average molecular weight is 403 g/mol. The molecule has 2 amide bonds. The SMILES string of the molecule is CC(C)COC(=O)N1CCC(C(=O)NCc2nc(-c3ccncc3)cs2)CC1. The van der Waals surface area contributed by atoms with Crippen molar-refractivity contribution in [3.63, 3.8) is 0 Å². The van der Waals surface area contributed by atoms with E-state index in [-0.39, 0.29) is 17.9 Å². The summed E-state index contributed by atoms with van der Waals surface area (Å²) in [4.78, 5) is 34.7. The van der Waals surface area contributed by atoms with Crippen molar-refractivity contribution in [1.29, 1.82) is 0 Å². The number of carbonyl (C=O) groups is 2. The van der Waals surface area contributed by atoms with Gasteiger partial charge in [-0.2, -0.15) is 0 Å². The highest BCUT2D eigenvalue weighted by molar-refractivity contribution is 7.09. The van der Waals surface area contributed by atoms with Gasteiger partial charge in [-0.25, -0.2) is 9.78 Å². The van der Waals surface area contributed by atoms with Crippen molar-refractivity contribution < 1.29 is 14.3 Å². The topological polar surface area (TPSA) is 84.4 Å². The summed E-state index contributed by atoms with van der Waals surface area (Å²) >= 11 is 1.53. The van der Waals surface area contributed by atoms with Crippen LogP contribution in [0.4, 0.5) is 4.79 Å². The minimum Gasteiger partial charge on any atom is -0.449 e. The van der Waals surface area contributed by atoms with E-state index in [1.807, 2.05) is 31.4 Å². The second-order valence-electron chi connectivity index (χ2n) is 7.31. The van der Waals surface area contributed by atoms with Gasteiger partial charge in [0, 0.05) is 42.3 Å². The number of nitrogens with one attached hydrogen (secondary N) is 1. The van der Waals surface area contributed by atoms with Crippen LogP contribution < -0.4 is 5.32 Å². The van der Waals surface area contributed by atoms with Gasteiger partial charge in [0.05, 0.1) is 18.8 Å². The molecule has 28 heavy (non-hydrogen) atoms. The summed E-state index contributed by atoms with van der Waals surface area (Å²) in [6.07, 6.45) is 4.51. The Morgan fingerprint density at radius 2 is 2.00 bits per heavy atom. The molecule has 8 heteroatoms. The molecule has 1 saturated heterocycles. The number of piperidine rings is 1. The van der Waals surface area contributed by atoms with Crippen LogP contribution in [0.25, 0.3) is 11.3 Å². The van der Waals surface area contributed by atoms with Gasteiger partial charge >= 0.3 is 6.09 Å². The van der Waals surface area contributed by atoms with Gasteiger partial charge in [-0.05, 0) is 30.9 Å². The first-order valence-corrected chi connectivity index (χ1v) is 10.4. The highest BCUT2D eigenvalue weighted by Crippen LogP contribution is 2.22. The zero-order valence-electron chi connectivity index (χ0n) is 16.3. The lowest BCUT2D eigenvalue weighted by atomic mass is 9.96. The molecule has 0 unspecified atom stereocenters. The third-order valence-corrected chi connectivity index (χ3v) is 5.45. The highest BCUT2D eigenvalue weighted by Gasteiger charge is 2.28. The molecule has 0 radical (unpaired) electrons. The van der Waals surface area contributed by atoms with Crippen molar-refractivity contribution in [2.75, 3.05) is 19.7 Å². The van der Waals surface area contributed by atoms with Crippen LogP contribution in [0.15, 0.2) is 29.9 Å². The molecule has 0 spiro atoms. The summed E-state index contributed by atoms with van der Waals surface area (Å²) in [6, 6.07) is 3.83. The number of ether oxygens (including phenoxy) is 1. The number of carbonyl (C=O) groups excluding carboxylic acids is 2. The van der Waals surface area contributed by atoms with E-state index < -0.39 is 0 Å². The Labute approximate surface area is 169 Å². The molecule has 1 fully saturated rings. The van der Waals surface area contributed by atoms with Crippen LogP contribution >= 0.6 is 11.3 Å². The summed E-state index contributed by atoms with van der Waals surface area (Å²) in [5, 5.41) is 5.83. The van der Waals surface area contributed by atoms with E-state index in [1.165, 1.54) is 11.3 Å². The third-order valence-electron chi connectivity index (χ3n) is 4.61. The molecular formula is C20H26N4O3S. The monoisotopic (exact) mass is 402 g/mol. The zero-order chi connectivity index (χ0) is 19.9. The number of aromatic nitrogens is 2. The van der Waals surface area contributed by atoms with Crippen molar-refractivity contribution in [2.45, 2.75) is 33.2 Å². The molecule has 1 aliphatic heterocycles. The van der Waals surface area contributed by atoms with E-state index in [4.69, 9.17) is 4.74 Å². The Bertz CT molecular complexity index is 786. The molecule has 1 aliphatic rings. The van der Waals surface area contributed by atoms with Crippen LogP contribution in [0, 0.1) is 11.8 Å². The largest absolute Gasteiger partial charge is 0.449 e. The first kappa shape index (κ1) is 20.3. The average Bonchev–Trinajstić information content (AvgIpc) is 3.20. The number of nitrogens with zero attached hydrogens (tertiary/aromatic N) is 3. The summed E-state index contributed by atoms with van der Waals surface area (Å²) < 4.78 is 5.26. The van der Waals surface area contributed by atoms with Gasteiger partial charge in [0.2, 0.25) is 5.91 Å². The maximum absolute atomic E-state index is 12.5. The molecule has 1 N–H and O–H groups in total. The molecule has 0 atom stereocenters. The van der Waals surface area contributed by atoms with Gasteiger partial charge in [-0.15, -0.1) is 11.3 Å². The number of rotatable bonds is 6. The van der Waals surface area contributed by atoms with Gasteiger partial charge in [0.1, 0.15) is 5.01 Å². The van der Waals surface area contributed by atoms with Gasteiger partial charge in [-0.1, -0.05) is 13.8 Å². The lowest BCUT2D eigenvalue weighted by Gasteiger charge is -2.30. The van der Waals surface area contributed by atoms with Crippen molar-refractivity contribution in [3.8, 4) is 11.3 Å². The number of hydrogen-bond acceptors (Lipinski definition) is 6. The van der Waals surface area contributed by atoms with Gasteiger partial charge in [-0.3, -0.25) is 9.78 Å². The quantitative estimate of drug-likeness (QED) is 0.801. The summed E-state index contributed by atoms with van der Waals surface area (Å²) in [6.45, 7) is 5.97. The van der Waals surface area contributed by atoms with E-state index >= 15 is 0 Å². The molecule has 0 bridgehead atoms. The zero-order valence-corrected chi connectivity index (χ0v) is 17.1. The normalized spacial score (nSPS) is 14.9. The fourth-order valence-corrected chi connectivity index (χ4v) is 3.75. The van der Waals surface area contributed by atoms with Crippen molar-refractivity contribution >= 4 is 23.3 Å². The van der Waals surface area contributed by atoms with Crippen LogP contribution in [-0.2, 0) is 16.1 Å². The Kier molecular flexibility index (Phi) is 6.97. The molecule has 0 saturated carbocycles. The van der Waals surface area contributed by atoms with Crippen LogP contribution in [0.3, 0.4) is 0 Å². The van der Waals surface area contributed by atoms with Crippen LogP contribution in [0.1, 0.15) is 31.7 Å². The van der Waals surface area contributed by atoms with Crippen molar-refractivity contribution in [1.82, 2.24) is 20.2 Å². The first-order chi connectivity index (χ1) is 13.5. The van der Waals surface area contributed by atoms with Crippen LogP contribution in [0.5, 0.6) is 0 Å². The first-order valence-electron chi connectivity index (χ1n) is 9.57. The Morgan fingerprint density at radius 3 is 2.68 bits per heavy atom. The molecule has 0 aromatic carbocycles. The van der Waals surface area contributed by atoms with Gasteiger partial charge in [0.25, 0.3) is 0 Å². The van der Waals surface area contributed by atoms with Crippen LogP contribution in [-0.4, -0.2) is 46.6 Å². The van der Waals surface area contributed by atoms with Crippen LogP contribution in [0.2, 0.25) is 0 Å². The molecule has 2 aromatic heterocycles. The summed E-state index contributed by atoms with van der Waals surface area (Å²) in [5.41, 5.74) is 1.91.